The second-order valence-electron chi connectivity index (χ2n) is 6.30. The van der Waals surface area contributed by atoms with Gasteiger partial charge in [0.2, 0.25) is 0 Å². The highest BCUT2D eigenvalue weighted by molar-refractivity contribution is 9.10. The molecule has 0 radical (unpaired) electrons. The van der Waals surface area contributed by atoms with E-state index < -0.39 is 0 Å². The van der Waals surface area contributed by atoms with E-state index in [0.29, 0.717) is 11.6 Å². The zero-order valence-electron chi connectivity index (χ0n) is 12.2. The summed E-state index contributed by atoms with van der Waals surface area (Å²) in [7, 11) is 0. The van der Waals surface area contributed by atoms with Gasteiger partial charge in [-0.25, -0.2) is 0 Å². The molecule has 1 spiro atoms. The summed E-state index contributed by atoms with van der Waals surface area (Å²) in [5.74, 6) is 0. The highest BCUT2D eigenvalue weighted by Crippen LogP contribution is 2.34. The fraction of sp³-hybridized carbons (Fsp3) is 0.688. The van der Waals surface area contributed by atoms with Crippen LogP contribution in [0, 0.1) is 0 Å². The highest BCUT2D eigenvalue weighted by atomic mass is 79.9. The first kappa shape index (κ1) is 14.5. The maximum atomic E-state index is 4.55. The summed E-state index contributed by atoms with van der Waals surface area (Å²) in [6.45, 7) is 5.59. The quantitative estimate of drug-likeness (QED) is 0.916. The minimum Gasteiger partial charge on any atom is -0.308 e. The number of aromatic nitrogens is 1. The second kappa shape index (κ2) is 6.12. The molecule has 2 fully saturated rings. The normalized spacial score (nSPS) is 26.2. The predicted octanol–water partition coefficient (Wildman–Crippen LogP) is 3.34. The van der Waals surface area contributed by atoms with Crippen LogP contribution in [-0.4, -0.2) is 34.6 Å². The summed E-state index contributed by atoms with van der Waals surface area (Å²) in [4.78, 5) is 7.20. The molecular weight excluding hydrogens is 314 g/mol. The van der Waals surface area contributed by atoms with Crippen molar-refractivity contribution in [2.45, 2.75) is 57.2 Å². The molecular formula is C16H24BrN3. The van der Waals surface area contributed by atoms with Crippen molar-refractivity contribution in [1.82, 2.24) is 15.2 Å². The van der Waals surface area contributed by atoms with Crippen LogP contribution in [0.2, 0.25) is 0 Å². The summed E-state index contributed by atoms with van der Waals surface area (Å²) in [6.07, 6.45) is 8.56. The largest absolute Gasteiger partial charge is 0.308 e. The molecule has 1 unspecified atom stereocenters. The van der Waals surface area contributed by atoms with Gasteiger partial charge in [-0.2, -0.15) is 0 Å². The van der Waals surface area contributed by atoms with E-state index >= 15 is 0 Å². The Labute approximate surface area is 130 Å². The van der Waals surface area contributed by atoms with E-state index in [9.17, 15) is 0 Å². The van der Waals surface area contributed by atoms with Gasteiger partial charge in [0.1, 0.15) is 0 Å². The van der Waals surface area contributed by atoms with E-state index in [2.05, 4.69) is 50.2 Å². The molecule has 0 aromatic carbocycles. The van der Waals surface area contributed by atoms with E-state index in [1.54, 1.807) is 0 Å². The lowest BCUT2D eigenvalue weighted by molar-refractivity contribution is 0.0707. The Bertz CT molecular complexity index is 440. The molecule has 2 heterocycles. The summed E-state index contributed by atoms with van der Waals surface area (Å²) in [6, 6.07) is 4.88. The highest BCUT2D eigenvalue weighted by Gasteiger charge is 2.40. The van der Waals surface area contributed by atoms with Gasteiger partial charge in [0.25, 0.3) is 0 Å². The van der Waals surface area contributed by atoms with Crippen LogP contribution in [-0.2, 0) is 6.54 Å². The molecule has 1 saturated heterocycles. The smallest absolute Gasteiger partial charge is 0.0544 e. The van der Waals surface area contributed by atoms with Gasteiger partial charge in [-0.05, 0) is 47.3 Å². The first-order valence-electron chi connectivity index (χ1n) is 7.80. The van der Waals surface area contributed by atoms with Gasteiger partial charge >= 0.3 is 0 Å². The Kier molecular flexibility index (Phi) is 4.43. The molecule has 1 saturated carbocycles. The van der Waals surface area contributed by atoms with Crippen molar-refractivity contribution in [3.63, 3.8) is 0 Å². The van der Waals surface area contributed by atoms with E-state index in [0.717, 1.165) is 17.6 Å². The van der Waals surface area contributed by atoms with Crippen molar-refractivity contribution >= 4 is 15.9 Å². The Morgan fingerprint density at radius 3 is 2.85 bits per heavy atom. The molecule has 0 bridgehead atoms. The molecule has 3 rings (SSSR count). The van der Waals surface area contributed by atoms with Gasteiger partial charge in [-0.1, -0.05) is 19.8 Å². The van der Waals surface area contributed by atoms with E-state index in [1.807, 2.05) is 6.20 Å². The van der Waals surface area contributed by atoms with Gasteiger partial charge in [-0.3, -0.25) is 9.88 Å². The molecule has 1 N–H and O–H groups in total. The van der Waals surface area contributed by atoms with Gasteiger partial charge in [0.05, 0.1) is 5.69 Å². The summed E-state index contributed by atoms with van der Waals surface area (Å²) in [5, 5.41) is 3.85. The molecule has 1 aliphatic carbocycles. The molecule has 1 aliphatic heterocycles. The van der Waals surface area contributed by atoms with Gasteiger partial charge < -0.3 is 5.32 Å². The molecule has 1 atom stereocenters. The fourth-order valence-electron chi connectivity index (χ4n) is 3.72. The van der Waals surface area contributed by atoms with Crippen molar-refractivity contribution in [3.05, 3.63) is 28.5 Å². The van der Waals surface area contributed by atoms with Crippen LogP contribution in [0.1, 0.15) is 44.7 Å². The van der Waals surface area contributed by atoms with Gasteiger partial charge in [0, 0.05) is 41.9 Å². The SMILES string of the molecule is CCC1CNC2(CCCC2)CN1Cc1ccc(Br)cn1. The number of halogens is 1. The lowest BCUT2D eigenvalue weighted by Crippen LogP contribution is -2.62. The first-order chi connectivity index (χ1) is 9.71. The zero-order valence-corrected chi connectivity index (χ0v) is 13.8. The minimum absolute atomic E-state index is 0.390. The summed E-state index contributed by atoms with van der Waals surface area (Å²) in [5.41, 5.74) is 1.57. The van der Waals surface area contributed by atoms with Crippen LogP contribution in [0.3, 0.4) is 0 Å². The third kappa shape index (κ3) is 3.07. The van der Waals surface area contributed by atoms with Crippen molar-refractivity contribution in [3.8, 4) is 0 Å². The molecule has 0 amide bonds. The molecule has 4 heteroatoms. The third-order valence-electron chi connectivity index (χ3n) is 4.92. The zero-order chi connectivity index (χ0) is 14.0. The van der Waals surface area contributed by atoms with E-state index in [1.165, 1.54) is 44.3 Å². The van der Waals surface area contributed by atoms with Crippen LogP contribution in [0.5, 0.6) is 0 Å². The molecule has 1 aromatic rings. The third-order valence-corrected chi connectivity index (χ3v) is 5.39. The van der Waals surface area contributed by atoms with Crippen LogP contribution < -0.4 is 5.32 Å². The number of hydrogen-bond acceptors (Lipinski definition) is 3. The number of nitrogens with zero attached hydrogens (tertiary/aromatic N) is 2. The molecule has 2 aliphatic rings. The van der Waals surface area contributed by atoms with Gasteiger partial charge in [0.15, 0.2) is 0 Å². The average molecular weight is 338 g/mol. The van der Waals surface area contributed by atoms with Crippen molar-refractivity contribution in [2.24, 2.45) is 0 Å². The van der Waals surface area contributed by atoms with Crippen LogP contribution >= 0.6 is 15.9 Å². The molecule has 1 aromatic heterocycles. The second-order valence-corrected chi connectivity index (χ2v) is 7.22. The van der Waals surface area contributed by atoms with Crippen LogP contribution in [0.25, 0.3) is 0 Å². The number of nitrogens with one attached hydrogen (secondary N) is 1. The predicted molar refractivity (Wildman–Crippen MR) is 85.6 cm³/mol. The Morgan fingerprint density at radius 1 is 1.40 bits per heavy atom. The lowest BCUT2D eigenvalue weighted by atomic mass is 9.91. The number of hydrogen-bond donors (Lipinski definition) is 1. The Balaban J connectivity index is 1.72. The summed E-state index contributed by atoms with van der Waals surface area (Å²) >= 11 is 3.46. The van der Waals surface area contributed by atoms with Crippen molar-refractivity contribution in [2.75, 3.05) is 13.1 Å². The lowest BCUT2D eigenvalue weighted by Gasteiger charge is -2.46. The molecule has 20 heavy (non-hydrogen) atoms. The van der Waals surface area contributed by atoms with E-state index in [-0.39, 0.29) is 0 Å². The summed E-state index contributed by atoms with van der Waals surface area (Å²) < 4.78 is 1.06. The maximum Gasteiger partial charge on any atom is 0.0544 e. The fourth-order valence-corrected chi connectivity index (χ4v) is 3.95. The number of piperazine rings is 1. The van der Waals surface area contributed by atoms with Crippen LogP contribution in [0.15, 0.2) is 22.8 Å². The van der Waals surface area contributed by atoms with Crippen molar-refractivity contribution in [1.29, 1.82) is 0 Å². The Morgan fingerprint density at radius 2 is 2.20 bits per heavy atom. The molecule has 110 valence electrons. The first-order valence-corrected chi connectivity index (χ1v) is 8.60. The topological polar surface area (TPSA) is 28.2 Å². The standard InChI is InChI=1S/C16H24BrN3/c1-2-15-10-19-16(7-3-4-8-16)12-20(15)11-14-6-5-13(17)9-18-14/h5-6,9,15,19H,2-4,7-8,10-12H2,1H3. The van der Waals surface area contributed by atoms with Gasteiger partial charge in [-0.15, -0.1) is 0 Å². The number of rotatable bonds is 3. The van der Waals surface area contributed by atoms with Crippen LogP contribution in [0.4, 0.5) is 0 Å². The minimum atomic E-state index is 0.390. The Hall–Kier alpha value is -0.450. The monoisotopic (exact) mass is 337 g/mol. The van der Waals surface area contributed by atoms with E-state index in [4.69, 9.17) is 0 Å². The average Bonchev–Trinajstić information content (AvgIpc) is 2.90. The van der Waals surface area contributed by atoms with Crippen molar-refractivity contribution < 1.29 is 0 Å². The maximum absolute atomic E-state index is 4.55. The number of pyridine rings is 1. The molecule has 3 nitrogen and oxygen atoms in total.